The van der Waals surface area contributed by atoms with Crippen molar-refractivity contribution in [1.29, 1.82) is 0 Å². The van der Waals surface area contributed by atoms with Crippen molar-refractivity contribution in [3.8, 4) is 16.9 Å². The van der Waals surface area contributed by atoms with E-state index in [0.717, 1.165) is 34.6 Å². The molecular weight excluding hydrogens is 362 g/mol. The molecule has 0 unspecified atom stereocenters. The lowest BCUT2D eigenvalue weighted by Gasteiger charge is -2.09. The van der Waals surface area contributed by atoms with E-state index in [2.05, 4.69) is 81.4 Å². The van der Waals surface area contributed by atoms with E-state index in [-0.39, 0.29) is 0 Å². The van der Waals surface area contributed by atoms with Crippen LogP contribution in [0, 0.1) is 6.92 Å². The largest absolute Gasteiger partial charge is 0.370 e. The lowest BCUT2D eigenvalue weighted by atomic mass is 10.0. The van der Waals surface area contributed by atoms with E-state index in [1.807, 2.05) is 0 Å². The average molecular weight is 382 g/mol. The van der Waals surface area contributed by atoms with Gasteiger partial charge in [0.1, 0.15) is 5.82 Å². The number of fused-ring (bicyclic) bond motifs is 1. The van der Waals surface area contributed by atoms with Crippen molar-refractivity contribution in [1.82, 2.24) is 9.78 Å². The Kier molecular flexibility index (Phi) is 4.15. The van der Waals surface area contributed by atoms with E-state index in [4.69, 9.17) is 5.10 Å². The van der Waals surface area contributed by atoms with Gasteiger partial charge in [0.15, 0.2) is 0 Å². The Hall–Kier alpha value is -2.07. The number of benzene rings is 2. The first kappa shape index (κ1) is 15.5. The summed E-state index contributed by atoms with van der Waals surface area (Å²) in [5.41, 5.74) is 5.98. The summed E-state index contributed by atoms with van der Waals surface area (Å²) in [6.45, 7) is 3.12. The predicted molar refractivity (Wildman–Crippen MR) is 103 cm³/mol. The monoisotopic (exact) mass is 381 g/mol. The lowest BCUT2D eigenvalue weighted by molar-refractivity contribution is 0.780. The first-order chi connectivity index (χ1) is 11.7. The highest BCUT2D eigenvalue weighted by atomic mass is 79.9. The highest BCUT2D eigenvalue weighted by Gasteiger charge is 2.21. The Morgan fingerprint density at radius 1 is 1.00 bits per heavy atom. The van der Waals surface area contributed by atoms with Crippen molar-refractivity contribution in [3.05, 3.63) is 64.1 Å². The standard InChI is InChI=1S/C20H20BrN3/c1-14-5-7-15(8-6-14)19-18-4-2-3-13-22-20(18)24(23-19)17-11-9-16(21)10-12-17/h5-12,22H,2-4,13H2,1H3. The van der Waals surface area contributed by atoms with Crippen molar-refractivity contribution in [2.75, 3.05) is 11.9 Å². The van der Waals surface area contributed by atoms with Gasteiger partial charge in [0.25, 0.3) is 0 Å². The summed E-state index contributed by atoms with van der Waals surface area (Å²) < 4.78 is 3.14. The molecule has 0 amide bonds. The van der Waals surface area contributed by atoms with E-state index in [1.165, 1.54) is 29.5 Å². The quantitative estimate of drug-likeness (QED) is 0.647. The molecule has 0 atom stereocenters. The Labute approximate surface area is 150 Å². The molecule has 122 valence electrons. The van der Waals surface area contributed by atoms with Gasteiger partial charge in [-0.3, -0.25) is 0 Å². The zero-order chi connectivity index (χ0) is 16.5. The molecule has 3 aromatic rings. The van der Waals surface area contributed by atoms with Gasteiger partial charge in [-0.2, -0.15) is 5.10 Å². The van der Waals surface area contributed by atoms with Crippen molar-refractivity contribution < 1.29 is 0 Å². The smallest absolute Gasteiger partial charge is 0.133 e. The molecule has 1 aliphatic heterocycles. The van der Waals surface area contributed by atoms with Gasteiger partial charge >= 0.3 is 0 Å². The number of aryl methyl sites for hydroxylation is 1. The van der Waals surface area contributed by atoms with Crippen LogP contribution in [-0.4, -0.2) is 16.3 Å². The molecule has 2 aromatic carbocycles. The fourth-order valence-electron chi connectivity index (χ4n) is 3.21. The van der Waals surface area contributed by atoms with Crippen molar-refractivity contribution >= 4 is 21.7 Å². The van der Waals surface area contributed by atoms with Crippen molar-refractivity contribution in [2.24, 2.45) is 0 Å². The zero-order valence-corrected chi connectivity index (χ0v) is 15.3. The fourth-order valence-corrected chi connectivity index (χ4v) is 3.48. The molecule has 0 saturated carbocycles. The summed E-state index contributed by atoms with van der Waals surface area (Å²) in [4.78, 5) is 0. The molecule has 0 aliphatic carbocycles. The summed E-state index contributed by atoms with van der Waals surface area (Å²) in [6.07, 6.45) is 3.47. The molecule has 0 radical (unpaired) electrons. The number of anilines is 1. The first-order valence-corrected chi connectivity index (χ1v) is 9.20. The van der Waals surface area contributed by atoms with E-state index >= 15 is 0 Å². The fraction of sp³-hybridized carbons (Fsp3) is 0.250. The van der Waals surface area contributed by atoms with Crippen LogP contribution in [0.2, 0.25) is 0 Å². The highest BCUT2D eigenvalue weighted by Crippen LogP contribution is 2.34. The molecule has 0 spiro atoms. The summed E-state index contributed by atoms with van der Waals surface area (Å²) in [5.74, 6) is 1.14. The maximum Gasteiger partial charge on any atom is 0.133 e. The average Bonchev–Trinajstić information content (AvgIpc) is 2.78. The molecule has 4 rings (SSSR count). The van der Waals surface area contributed by atoms with Crippen LogP contribution in [0.15, 0.2) is 53.0 Å². The molecule has 0 fully saturated rings. The van der Waals surface area contributed by atoms with Gasteiger partial charge in [-0.1, -0.05) is 45.8 Å². The third kappa shape index (κ3) is 2.86. The second-order valence-electron chi connectivity index (χ2n) is 6.31. The predicted octanol–water partition coefficient (Wildman–Crippen LogP) is 5.36. The van der Waals surface area contributed by atoms with Gasteiger partial charge in [0.05, 0.1) is 11.4 Å². The molecular formula is C20H20BrN3. The first-order valence-electron chi connectivity index (χ1n) is 8.41. The Bertz CT molecular complexity index is 778. The van der Waals surface area contributed by atoms with Crippen LogP contribution >= 0.6 is 15.9 Å². The minimum atomic E-state index is 1.00. The molecule has 0 saturated heterocycles. The lowest BCUT2D eigenvalue weighted by Crippen LogP contribution is -2.07. The Balaban J connectivity index is 1.88. The second kappa shape index (κ2) is 6.44. The normalized spacial score (nSPS) is 13.9. The Morgan fingerprint density at radius 2 is 1.75 bits per heavy atom. The SMILES string of the molecule is Cc1ccc(-c2nn(-c3ccc(Br)cc3)c3c2CCCCN3)cc1. The maximum atomic E-state index is 4.97. The molecule has 1 N–H and O–H groups in total. The van der Waals surface area contributed by atoms with Gasteiger partial charge in [0, 0.05) is 22.1 Å². The van der Waals surface area contributed by atoms with Gasteiger partial charge in [0.2, 0.25) is 0 Å². The molecule has 0 bridgehead atoms. The number of hydrogen-bond donors (Lipinski definition) is 1. The summed E-state index contributed by atoms with van der Waals surface area (Å²) in [5, 5.41) is 8.57. The number of rotatable bonds is 2. The van der Waals surface area contributed by atoms with Gasteiger partial charge in [-0.25, -0.2) is 4.68 Å². The van der Waals surface area contributed by atoms with Crippen LogP contribution in [0.1, 0.15) is 24.0 Å². The van der Waals surface area contributed by atoms with Gasteiger partial charge < -0.3 is 5.32 Å². The number of nitrogens with zero attached hydrogens (tertiary/aromatic N) is 2. The van der Waals surface area contributed by atoms with Crippen LogP contribution < -0.4 is 5.32 Å². The van der Waals surface area contributed by atoms with E-state index < -0.39 is 0 Å². The summed E-state index contributed by atoms with van der Waals surface area (Å²) >= 11 is 3.51. The van der Waals surface area contributed by atoms with E-state index in [0.29, 0.717) is 0 Å². The van der Waals surface area contributed by atoms with E-state index in [1.54, 1.807) is 0 Å². The third-order valence-corrected chi connectivity index (χ3v) is 5.05. The molecule has 4 heteroatoms. The molecule has 1 aromatic heterocycles. The van der Waals surface area contributed by atoms with Crippen LogP contribution in [0.5, 0.6) is 0 Å². The van der Waals surface area contributed by atoms with Crippen LogP contribution in [0.3, 0.4) is 0 Å². The molecule has 24 heavy (non-hydrogen) atoms. The topological polar surface area (TPSA) is 29.9 Å². The Morgan fingerprint density at radius 3 is 2.50 bits per heavy atom. The number of nitrogens with one attached hydrogen (secondary N) is 1. The van der Waals surface area contributed by atoms with Gasteiger partial charge in [-0.15, -0.1) is 0 Å². The minimum absolute atomic E-state index is 1.00. The molecule has 3 nitrogen and oxygen atoms in total. The van der Waals surface area contributed by atoms with Gasteiger partial charge in [-0.05, 0) is 50.5 Å². The summed E-state index contributed by atoms with van der Waals surface area (Å²) in [7, 11) is 0. The molecule has 2 heterocycles. The molecule has 1 aliphatic rings. The number of hydrogen-bond acceptors (Lipinski definition) is 2. The van der Waals surface area contributed by atoms with Crippen LogP contribution in [0.25, 0.3) is 16.9 Å². The minimum Gasteiger partial charge on any atom is -0.370 e. The zero-order valence-electron chi connectivity index (χ0n) is 13.7. The second-order valence-corrected chi connectivity index (χ2v) is 7.23. The highest BCUT2D eigenvalue weighted by molar-refractivity contribution is 9.10. The van der Waals surface area contributed by atoms with E-state index in [9.17, 15) is 0 Å². The number of halogens is 1. The van der Waals surface area contributed by atoms with Crippen LogP contribution in [0.4, 0.5) is 5.82 Å². The number of aromatic nitrogens is 2. The summed E-state index contributed by atoms with van der Waals surface area (Å²) in [6, 6.07) is 17.0. The van der Waals surface area contributed by atoms with Crippen molar-refractivity contribution in [3.63, 3.8) is 0 Å². The maximum absolute atomic E-state index is 4.97. The third-order valence-electron chi connectivity index (χ3n) is 4.53. The van der Waals surface area contributed by atoms with Crippen molar-refractivity contribution in [2.45, 2.75) is 26.2 Å². The van der Waals surface area contributed by atoms with Crippen LogP contribution in [-0.2, 0) is 6.42 Å².